The fourth-order valence-electron chi connectivity index (χ4n) is 2.47. The van der Waals surface area contributed by atoms with Gasteiger partial charge in [0.25, 0.3) is 0 Å². The van der Waals surface area contributed by atoms with Gasteiger partial charge >= 0.3 is 0 Å². The number of likely N-dealkylation sites (N-methyl/N-ethyl adjacent to an activating group) is 1. The predicted molar refractivity (Wildman–Crippen MR) is 68.0 cm³/mol. The van der Waals surface area contributed by atoms with E-state index in [1.54, 1.807) is 0 Å². The molecule has 4 heteroatoms. The predicted octanol–water partition coefficient (Wildman–Crippen LogP) is 1.51. The highest BCUT2D eigenvalue weighted by molar-refractivity contribution is 4.96. The molecule has 1 aromatic heterocycles. The van der Waals surface area contributed by atoms with Crippen molar-refractivity contribution in [3.63, 3.8) is 0 Å². The summed E-state index contributed by atoms with van der Waals surface area (Å²) in [5.74, 6) is 1.13. The third kappa shape index (κ3) is 3.30. The molecule has 0 saturated carbocycles. The Hall–Kier alpha value is -0.870. The second-order valence-corrected chi connectivity index (χ2v) is 4.73. The molecule has 1 N–H and O–H groups in total. The van der Waals surface area contributed by atoms with E-state index >= 15 is 0 Å². The minimum atomic E-state index is 0.348. The van der Waals surface area contributed by atoms with E-state index in [4.69, 9.17) is 4.74 Å². The van der Waals surface area contributed by atoms with Gasteiger partial charge in [0.2, 0.25) is 0 Å². The third-order valence-corrected chi connectivity index (χ3v) is 3.45. The number of ether oxygens (including phenoxy) is 1. The molecule has 2 atom stereocenters. The topological polar surface area (TPSA) is 39.1 Å². The van der Waals surface area contributed by atoms with E-state index < -0.39 is 0 Å². The van der Waals surface area contributed by atoms with Crippen molar-refractivity contribution >= 4 is 0 Å². The van der Waals surface area contributed by atoms with Gasteiger partial charge in [-0.3, -0.25) is 0 Å². The highest BCUT2D eigenvalue weighted by Gasteiger charge is 2.25. The first-order valence-electron chi connectivity index (χ1n) is 6.62. The summed E-state index contributed by atoms with van der Waals surface area (Å²) >= 11 is 0. The Balaban J connectivity index is 1.98. The third-order valence-electron chi connectivity index (χ3n) is 3.45. The van der Waals surface area contributed by atoms with E-state index in [1.807, 2.05) is 19.4 Å². The molecule has 0 amide bonds. The summed E-state index contributed by atoms with van der Waals surface area (Å²) in [4.78, 5) is 4.40. The summed E-state index contributed by atoms with van der Waals surface area (Å²) in [6, 6.07) is 0.390. The lowest BCUT2D eigenvalue weighted by molar-refractivity contribution is -0.00758. The maximum atomic E-state index is 5.88. The van der Waals surface area contributed by atoms with Crippen molar-refractivity contribution in [2.24, 2.45) is 7.05 Å². The molecule has 1 fully saturated rings. The second kappa shape index (κ2) is 6.17. The van der Waals surface area contributed by atoms with E-state index in [1.165, 1.54) is 19.3 Å². The molecule has 2 rings (SSSR count). The van der Waals surface area contributed by atoms with Gasteiger partial charge < -0.3 is 14.6 Å². The van der Waals surface area contributed by atoms with Crippen molar-refractivity contribution in [3.05, 3.63) is 18.2 Å². The summed E-state index contributed by atoms with van der Waals surface area (Å²) in [7, 11) is 2.05. The molecule has 96 valence electrons. The molecule has 0 aromatic carbocycles. The number of rotatable bonds is 5. The molecule has 1 aliphatic heterocycles. The molecular formula is C13H23N3O. The quantitative estimate of drug-likeness (QED) is 0.843. The average Bonchev–Trinajstić information content (AvgIpc) is 2.76. The largest absolute Gasteiger partial charge is 0.377 e. The number of aromatic nitrogens is 2. The highest BCUT2D eigenvalue weighted by atomic mass is 16.5. The fourth-order valence-corrected chi connectivity index (χ4v) is 2.47. The van der Waals surface area contributed by atoms with Gasteiger partial charge in [0.15, 0.2) is 0 Å². The van der Waals surface area contributed by atoms with Gasteiger partial charge in [-0.15, -0.1) is 0 Å². The first kappa shape index (κ1) is 12.6. The Labute approximate surface area is 103 Å². The van der Waals surface area contributed by atoms with Crippen LogP contribution in [0.25, 0.3) is 0 Å². The molecule has 1 saturated heterocycles. The Morgan fingerprint density at radius 2 is 2.47 bits per heavy atom. The zero-order chi connectivity index (χ0) is 12.1. The van der Waals surface area contributed by atoms with Gasteiger partial charge in [-0.25, -0.2) is 4.98 Å². The Kier molecular flexibility index (Phi) is 4.57. The molecule has 2 unspecified atom stereocenters. The first-order valence-corrected chi connectivity index (χ1v) is 6.62. The minimum absolute atomic E-state index is 0.348. The van der Waals surface area contributed by atoms with Crippen LogP contribution in [-0.4, -0.2) is 34.8 Å². The van der Waals surface area contributed by atoms with Crippen LogP contribution in [0.2, 0.25) is 0 Å². The van der Waals surface area contributed by atoms with Crippen LogP contribution < -0.4 is 5.32 Å². The van der Waals surface area contributed by atoms with Crippen LogP contribution in [-0.2, 0) is 18.2 Å². The summed E-state index contributed by atoms with van der Waals surface area (Å²) in [6.07, 6.45) is 8.81. The van der Waals surface area contributed by atoms with Crippen LogP contribution in [0.15, 0.2) is 12.4 Å². The maximum absolute atomic E-state index is 5.88. The van der Waals surface area contributed by atoms with Gasteiger partial charge in [0.05, 0.1) is 6.10 Å². The Morgan fingerprint density at radius 3 is 3.06 bits per heavy atom. The highest BCUT2D eigenvalue weighted by Crippen LogP contribution is 2.18. The summed E-state index contributed by atoms with van der Waals surface area (Å²) in [5.41, 5.74) is 0. The lowest BCUT2D eigenvalue weighted by atomic mass is 9.99. The zero-order valence-corrected chi connectivity index (χ0v) is 10.9. The summed E-state index contributed by atoms with van der Waals surface area (Å²) in [5, 5.41) is 3.54. The number of imidazole rings is 1. The van der Waals surface area contributed by atoms with Crippen molar-refractivity contribution in [2.75, 3.05) is 13.2 Å². The van der Waals surface area contributed by atoms with E-state index in [9.17, 15) is 0 Å². The van der Waals surface area contributed by atoms with Crippen molar-refractivity contribution in [2.45, 2.75) is 44.8 Å². The summed E-state index contributed by atoms with van der Waals surface area (Å²) < 4.78 is 7.97. The van der Waals surface area contributed by atoms with Crippen molar-refractivity contribution in [3.8, 4) is 0 Å². The van der Waals surface area contributed by atoms with Crippen molar-refractivity contribution < 1.29 is 4.74 Å². The van der Waals surface area contributed by atoms with E-state index in [0.717, 1.165) is 25.4 Å². The van der Waals surface area contributed by atoms with Gasteiger partial charge in [-0.1, -0.05) is 6.92 Å². The van der Waals surface area contributed by atoms with Crippen LogP contribution in [0.4, 0.5) is 0 Å². The van der Waals surface area contributed by atoms with Crippen molar-refractivity contribution in [1.82, 2.24) is 14.9 Å². The standard InChI is InChI=1S/C13H23N3O/c1-3-14-11(12-6-4-5-9-17-12)10-13-15-7-8-16(13)2/h7-8,11-12,14H,3-6,9-10H2,1-2H3. The molecule has 4 nitrogen and oxygen atoms in total. The molecule has 0 spiro atoms. The van der Waals surface area contributed by atoms with E-state index in [2.05, 4.69) is 21.8 Å². The van der Waals surface area contributed by atoms with Gasteiger partial charge in [-0.2, -0.15) is 0 Å². The monoisotopic (exact) mass is 237 g/mol. The fraction of sp³-hybridized carbons (Fsp3) is 0.769. The maximum Gasteiger partial charge on any atom is 0.110 e. The first-order chi connectivity index (χ1) is 8.31. The second-order valence-electron chi connectivity index (χ2n) is 4.73. The molecule has 0 radical (unpaired) electrons. The summed E-state index contributed by atoms with van der Waals surface area (Å²) in [6.45, 7) is 4.04. The molecule has 1 aliphatic rings. The number of nitrogens with zero attached hydrogens (tertiary/aromatic N) is 2. The molecule has 17 heavy (non-hydrogen) atoms. The zero-order valence-electron chi connectivity index (χ0n) is 10.9. The molecule has 1 aromatic rings. The Morgan fingerprint density at radius 1 is 1.59 bits per heavy atom. The van der Waals surface area contributed by atoms with Crippen LogP contribution in [0.1, 0.15) is 32.0 Å². The van der Waals surface area contributed by atoms with E-state index in [-0.39, 0.29) is 0 Å². The molecular weight excluding hydrogens is 214 g/mol. The normalized spacial score (nSPS) is 22.6. The number of nitrogens with one attached hydrogen (secondary N) is 1. The van der Waals surface area contributed by atoms with Crippen LogP contribution in [0.5, 0.6) is 0 Å². The molecule has 0 aliphatic carbocycles. The number of hydrogen-bond acceptors (Lipinski definition) is 3. The number of hydrogen-bond donors (Lipinski definition) is 1. The van der Waals surface area contributed by atoms with Gasteiger partial charge in [0, 0.05) is 38.5 Å². The Bertz CT molecular complexity index is 331. The average molecular weight is 237 g/mol. The van der Waals surface area contributed by atoms with Gasteiger partial charge in [-0.05, 0) is 25.8 Å². The SMILES string of the molecule is CCNC(Cc1nccn1C)C1CCCCO1. The lowest BCUT2D eigenvalue weighted by Gasteiger charge is -2.30. The van der Waals surface area contributed by atoms with Crippen LogP contribution in [0, 0.1) is 0 Å². The molecule has 2 heterocycles. The molecule has 0 bridgehead atoms. The van der Waals surface area contributed by atoms with E-state index in [0.29, 0.717) is 12.1 Å². The smallest absolute Gasteiger partial charge is 0.110 e. The minimum Gasteiger partial charge on any atom is -0.377 e. The lowest BCUT2D eigenvalue weighted by Crippen LogP contribution is -2.44. The van der Waals surface area contributed by atoms with Crippen LogP contribution >= 0.6 is 0 Å². The number of aryl methyl sites for hydroxylation is 1. The van der Waals surface area contributed by atoms with Crippen LogP contribution in [0.3, 0.4) is 0 Å². The van der Waals surface area contributed by atoms with Gasteiger partial charge in [0.1, 0.15) is 5.82 Å². The van der Waals surface area contributed by atoms with Crippen molar-refractivity contribution in [1.29, 1.82) is 0 Å².